The fraction of sp³-hybridized carbons (Fsp3) is 0.139. The summed E-state index contributed by atoms with van der Waals surface area (Å²) in [4.78, 5) is 20.8. The van der Waals surface area contributed by atoms with E-state index in [1.165, 1.54) is 17.1 Å². The second kappa shape index (κ2) is 13.2. The van der Waals surface area contributed by atoms with Crippen LogP contribution in [0, 0.1) is 5.82 Å². The van der Waals surface area contributed by atoms with Crippen LogP contribution in [-0.4, -0.2) is 37.1 Å². The lowest BCUT2D eigenvalue weighted by Gasteiger charge is -2.37. The molecule has 0 aliphatic rings. The van der Waals surface area contributed by atoms with E-state index in [9.17, 15) is 9.18 Å². The summed E-state index contributed by atoms with van der Waals surface area (Å²) in [7, 11) is 0. The van der Waals surface area contributed by atoms with Crippen molar-refractivity contribution in [3.8, 4) is 0 Å². The molecular formula is C36H33FN6OS. The van der Waals surface area contributed by atoms with Crippen LogP contribution in [-0.2, 0) is 23.2 Å². The van der Waals surface area contributed by atoms with Gasteiger partial charge in [0.05, 0.1) is 18.4 Å². The van der Waals surface area contributed by atoms with Gasteiger partial charge >= 0.3 is 0 Å². The van der Waals surface area contributed by atoms with Crippen LogP contribution in [0.15, 0.2) is 128 Å². The zero-order chi connectivity index (χ0) is 31.2. The number of nitrogens with two attached hydrogens (primary N) is 1. The van der Waals surface area contributed by atoms with Gasteiger partial charge in [-0.1, -0.05) is 91.0 Å². The fourth-order valence-corrected chi connectivity index (χ4v) is 6.10. The first kappa shape index (κ1) is 29.8. The number of fused-ring (bicyclic) bond motifs is 1. The Morgan fingerprint density at radius 3 is 2.11 bits per heavy atom. The molecule has 0 spiro atoms. The van der Waals surface area contributed by atoms with Crippen molar-refractivity contribution in [1.29, 1.82) is 0 Å². The molecule has 9 heteroatoms. The van der Waals surface area contributed by atoms with Gasteiger partial charge in [0.1, 0.15) is 11.4 Å². The van der Waals surface area contributed by atoms with Crippen molar-refractivity contribution in [2.75, 3.05) is 6.54 Å². The van der Waals surface area contributed by atoms with Crippen molar-refractivity contribution in [3.05, 3.63) is 162 Å². The minimum absolute atomic E-state index is 0.0491. The number of carbonyl (C=O) groups is 1. The maximum atomic E-state index is 13.8. The van der Waals surface area contributed by atoms with Gasteiger partial charge in [0.2, 0.25) is 5.91 Å². The highest BCUT2D eigenvalue weighted by atomic mass is 32.1. The number of nitrogens with zero attached hydrogens (tertiary/aromatic N) is 3. The lowest BCUT2D eigenvalue weighted by molar-refractivity contribution is -0.123. The molecule has 0 bridgehead atoms. The first-order chi connectivity index (χ1) is 21.9. The summed E-state index contributed by atoms with van der Waals surface area (Å²) in [6.45, 7) is 0.400. The third-order valence-electron chi connectivity index (χ3n) is 8.02. The van der Waals surface area contributed by atoms with Gasteiger partial charge < -0.3 is 15.3 Å². The van der Waals surface area contributed by atoms with E-state index < -0.39 is 5.54 Å². The number of thiocarbonyl (C=S) groups is 1. The van der Waals surface area contributed by atoms with E-state index in [4.69, 9.17) is 22.9 Å². The molecule has 1 amide bonds. The highest BCUT2D eigenvalue weighted by Gasteiger charge is 2.38. The molecule has 0 aliphatic heterocycles. The van der Waals surface area contributed by atoms with Crippen molar-refractivity contribution in [3.63, 3.8) is 0 Å². The minimum atomic E-state index is -0.640. The average Bonchev–Trinajstić information content (AvgIpc) is 3.70. The molecule has 4 aromatic carbocycles. The third kappa shape index (κ3) is 6.21. The largest absolute Gasteiger partial charge is 0.375 e. The number of amides is 1. The van der Waals surface area contributed by atoms with Crippen molar-refractivity contribution < 1.29 is 9.18 Å². The molecular weight excluding hydrogens is 584 g/mol. The molecule has 0 saturated heterocycles. The minimum Gasteiger partial charge on any atom is -0.375 e. The molecule has 2 heterocycles. The molecule has 0 radical (unpaired) electrons. The number of aryl methyl sites for hydroxylation is 1. The molecule has 0 fully saturated rings. The van der Waals surface area contributed by atoms with Crippen LogP contribution in [0.4, 0.5) is 4.39 Å². The molecule has 0 atom stereocenters. The normalized spacial score (nSPS) is 11.4. The second-order valence-corrected chi connectivity index (χ2v) is 11.3. The number of rotatable bonds is 10. The number of H-pyrrole nitrogens is 1. The standard InChI is InChI=1S/C36H33FN6OS/c37-30-18-19-33-32(22-30)26(23-39-33)21-34(44)41-43(35(38)45)20-10-17-31-24-42(25-40-31)36(27-11-4-1-5-12-27,28-13-6-2-7-14-28)29-15-8-3-9-16-29/h1-9,11-16,18-19,22-25,39H,10,17,20-21H2,(H2,38,45)(H,41,44). The Labute approximate surface area is 266 Å². The quantitative estimate of drug-likeness (QED) is 0.0984. The van der Waals surface area contributed by atoms with E-state index in [1.54, 1.807) is 12.3 Å². The monoisotopic (exact) mass is 616 g/mol. The Balaban J connectivity index is 1.20. The summed E-state index contributed by atoms with van der Waals surface area (Å²) < 4.78 is 16.0. The summed E-state index contributed by atoms with van der Waals surface area (Å²) >= 11 is 5.24. The Morgan fingerprint density at radius 2 is 1.53 bits per heavy atom. The van der Waals surface area contributed by atoms with E-state index in [1.807, 2.05) is 24.5 Å². The first-order valence-electron chi connectivity index (χ1n) is 14.8. The SMILES string of the molecule is NC(=S)N(CCCc1cn(C(c2ccccc2)(c2ccccc2)c2ccccc2)cn1)NC(=O)Cc1c[nH]c2ccc(F)cc12. The highest BCUT2D eigenvalue weighted by Crippen LogP contribution is 2.40. The summed E-state index contributed by atoms with van der Waals surface area (Å²) in [6.07, 6.45) is 7.02. The number of nitrogens with one attached hydrogen (secondary N) is 2. The van der Waals surface area contributed by atoms with Gasteiger partial charge in [-0.2, -0.15) is 0 Å². The number of hydrogen-bond donors (Lipinski definition) is 3. The molecule has 0 saturated carbocycles. The molecule has 45 heavy (non-hydrogen) atoms. The lowest BCUT2D eigenvalue weighted by atomic mass is 9.77. The summed E-state index contributed by atoms with van der Waals surface area (Å²) in [5.41, 5.74) is 13.8. The van der Waals surface area contributed by atoms with Crippen molar-refractivity contribution in [2.45, 2.75) is 24.8 Å². The van der Waals surface area contributed by atoms with Crippen LogP contribution in [0.1, 0.15) is 34.4 Å². The van der Waals surface area contributed by atoms with Crippen molar-refractivity contribution in [1.82, 2.24) is 25.0 Å². The number of imidazole rings is 1. The molecule has 6 aromatic rings. The number of aromatic nitrogens is 3. The van der Waals surface area contributed by atoms with Crippen LogP contribution >= 0.6 is 12.2 Å². The number of benzene rings is 4. The maximum absolute atomic E-state index is 13.8. The number of hydrogen-bond acceptors (Lipinski definition) is 3. The van der Waals surface area contributed by atoms with Gasteiger partial charge in [0.25, 0.3) is 0 Å². The molecule has 7 nitrogen and oxygen atoms in total. The summed E-state index contributed by atoms with van der Waals surface area (Å²) in [5, 5.41) is 2.21. The van der Waals surface area contributed by atoms with Gasteiger partial charge in [-0.15, -0.1) is 0 Å². The Bertz CT molecular complexity index is 1810. The first-order valence-corrected chi connectivity index (χ1v) is 15.2. The van der Waals surface area contributed by atoms with E-state index in [2.05, 4.69) is 94.0 Å². The third-order valence-corrected chi connectivity index (χ3v) is 8.24. The van der Waals surface area contributed by atoms with Crippen LogP contribution in [0.2, 0.25) is 0 Å². The Kier molecular flexibility index (Phi) is 8.70. The van der Waals surface area contributed by atoms with Gasteiger partial charge in [0, 0.05) is 29.8 Å². The lowest BCUT2D eigenvalue weighted by Crippen LogP contribution is -2.49. The molecule has 0 unspecified atom stereocenters. The van der Waals surface area contributed by atoms with Crippen molar-refractivity contribution >= 4 is 34.1 Å². The predicted molar refractivity (Wildman–Crippen MR) is 179 cm³/mol. The second-order valence-electron chi connectivity index (χ2n) is 10.9. The van der Waals surface area contributed by atoms with Crippen LogP contribution < -0.4 is 11.2 Å². The predicted octanol–water partition coefficient (Wildman–Crippen LogP) is 6.10. The topological polar surface area (TPSA) is 92.0 Å². The van der Waals surface area contributed by atoms with Gasteiger partial charge in [-0.25, -0.2) is 9.37 Å². The van der Waals surface area contributed by atoms with E-state index in [-0.39, 0.29) is 23.3 Å². The Morgan fingerprint density at radius 1 is 0.933 bits per heavy atom. The highest BCUT2D eigenvalue weighted by molar-refractivity contribution is 7.80. The van der Waals surface area contributed by atoms with Crippen molar-refractivity contribution in [2.24, 2.45) is 5.73 Å². The summed E-state index contributed by atoms with van der Waals surface area (Å²) in [6, 6.07) is 35.8. The average molecular weight is 617 g/mol. The number of hydrazine groups is 1. The molecule has 6 rings (SSSR count). The number of carbonyl (C=O) groups excluding carboxylic acids is 1. The zero-order valence-corrected chi connectivity index (χ0v) is 25.4. The van der Waals surface area contributed by atoms with Gasteiger partial charge in [-0.05, 0) is 65.5 Å². The molecule has 226 valence electrons. The number of aromatic amines is 1. The van der Waals surface area contributed by atoms with Crippen LogP contribution in [0.5, 0.6) is 0 Å². The van der Waals surface area contributed by atoms with E-state index in [0.717, 1.165) is 27.9 Å². The summed E-state index contributed by atoms with van der Waals surface area (Å²) in [5.74, 6) is -0.653. The van der Waals surface area contributed by atoms with Crippen LogP contribution in [0.3, 0.4) is 0 Å². The van der Waals surface area contributed by atoms with E-state index >= 15 is 0 Å². The van der Waals surface area contributed by atoms with Gasteiger partial charge in [0.15, 0.2) is 5.11 Å². The molecule has 0 aliphatic carbocycles. The molecule has 2 aromatic heterocycles. The smallest absolute Gasteiger partial charge is 0.243 e. The van der Waals surface area contributed by atoms with Crippen LogP contribution in [0.25, 0.3) is 10.9 Å². The zero-order valence-electron chi connectivity index (χ0n) is 24.6. The van der Waals surface area contributed by atoms with E-state index in [0.29, 0.717) is 30.3 Å². The number of halogens is 1. The Hall–Kier alpha value is -5.28. The maximum Gasteiger partial charge on any atom is 0.243 e. The molecule has 4 N–H and O–H groups in total. The van der Waals surface area contributed by atoms with Gasteiger partial charge in [-0.3, -0.25) is 15.2 Å². The fourth-order valence-electron chi connectivity index (χ4n) is 5.96.